The highest BCUT2D eigenvalue weighted by Crippen LogP contribution is 2.07. The molecule has 0 aromatic carbocycles. The quantitative estimate of drug-likeness (QED) is 0.476. The van der Waals surface area contributed by atoms with E-state index in [1.807, 2.05) is 0 Å². The van der Waals surface area contributed by atoms with Gasteiger partial charge in [-0.05, 0) is 19.3 Å². The Kier molecular flexibility index (Phi) is 8.88. The van der Waals surface area contributed by atoms with Crippen molar-refractivity contribution in [1.82, 2.24) is 0 Å². The highest BCUT2D eigenvalue weighted by Gasteiger charge is 2.01. The second-order valence-corrected chi connectivity index (χ2v) is 3.09. The molecule has 0 amide bonds. The first-order valence-corrected chi connectivity index (χ1v) is 4.71. The molecule has 0 aromatic heterocycles. The van der Waals surface area contributed by atoms with Crippen LogP contribution in [0.4, 0.5) is 0 Å². The summed E-state index contributed by atoms with van der Waals surface area (Å²) in [5, 5.41) is 26.2. The van der Waals surface area contributed by atoms with Crippen molar-refractivity contribution >= 4 is 0 Å². The molecule has 1 atom stereocenters. The molecule has 0 spiro atoms. The van der Waals surface area contributed by atoms with Gasteiger partial charge in [0.25, 0.3) is 0 Å². The van der Waals surface area contributed by atoms with E-state index >= 15 is 0 Å². The third-order valence-electron chi connectivity index (χ3n) is 1.91. The fraction of sp³-hybridized carbons (Fsp3) is 1.00. The smallest absolute Gasteiger partial charge is 0.0562 e. The van der Waals surface area contributed by atoms with Crippen molar-refractivity contribution < 1.29 is 15.3 Å². The second-order valence-electron chi connectivity index (χ2n) is 3.09. The van der Waals surface area contributed by atoms with Crippen LogP contribution in [0.25, 0.3) is 0 Å². The molecule has 0 bridgehead atoms. The Morgan fingerprint density at radius 3 is 2.00 bits per heavy atom. The predicted octanol–water partition coefficient (Wildman–Crippen LogP) is 0.672. The van der Waals surface area contributed by atoms with Crippen molar-refractivity contribution in [3.63, 3.8) is 0 Å². The highest BCUT2D eigenvalue weighted by atomic mass is 16.3. The molecule has 0 fully saturated rings. The zero-order chi connectivity index (χ0) is 9.23. The summed E-state index contributed by atoms with van der Waals surface area (Å²) in [7, 11) is 0. The van der Waals surface area contributed by atoms with Gasteiger partial charge in [0.15, 0.2) is 0 Å². The van der Waals surface area contributed by atoms with Crippen molar-refractivity contribution in [1.29, 1.82) is 0 Å². The van der Waals surface area contributed by atoms with Crippen molar-refractivity contribution in [2.45, 2.75) is 44.6 Å². The fourth-order valence-electron chi connectivity index (χ4n) is 1.14. The molecule has 0 aliphatic carbocycles. The Bertz CT molecular complexity index is 85.8. The van der Waals surface area contributed by atoms with Gasteiger partial charge in [0.1, 0.15) is 0 Å². The van der Waals surface area contributed by atoms with Crippen LogP contribution in [-0.4, -0.2) is 34.6 Å². The van der Waals surface area contributed by atoms with Crippen LogP contribution >= 0.6 is 0 Å². The van der Waals surface area contributed by atoms with Gasteiger partial charge in [-0.25, -0.2) is 0 Å². The maximum atomic E-state index is 9.20. The van der Waals surface area contributed by atoms with E-state index in [4.69, 9.17) is 10.2 Å². The van der Waals surface area contributed by atoms with Crippen LogP contribution in [0.1, 0.15) is 38.5 Å². The summed E-state index contributed by atoms with van der Waals surface area (Å²) in [6.45, 7) is 0.330. The lowest BCUT2D eigenvalue weighted by Crippen LogP contribution is -2.08. The number of hydrogen-bond donors (Lipinski definition) is 3. The largest absolute Gasteiger partial charge is 0.396 e. The molecule has 3 nitrogen and oxygen atoms in total. The van der Waals surface area contributed by atoms with Gasteiger partial charge in [0.05, 0.1) is 6.10 Å². The Morgan fingerprint density at radius 2 is 1.42 bits per heavy atom. The van der Waals surface area contributed by atoms with E-state index in [2.05, 4.69) is 0 Å². The Hall–Kier alpha value is -0.120. The van der Waals surface area contributed by atoms with E-state index in [0.717, 1.165) is 32.1 Å². The lowest BCUT2D eigenvalue weighted by Gasteiger charge is -2.07. The zero-order valence-corrected chi connectivity index (χ0v) is 7.58. The van der Waals surface area contributed by atoms with Crippen LogP contribution in [-0.2, 0) is 0 Å². The summed E-state index contributed by atoms with van der Waals surface area (Å²) < 4.78 is 0. The number of aliphatic hydroxyl groups excluding tert-OH is 3. The lowest BCUT2D eigenvalue weighted by molar-refractivity contribution is 0.122. The first-order chi connectivity index (χ1) is 5.81. The fourth-order valence-corrected chi connectivity index (χ4v) is 1.14. The van der Waals surface area contributed by atoms with E-state index in [9.17, 15) is 5.11 Å². The molecule has 3 N–H and O–H groups in total. The molecular formula is C9H20O3. The van der Waals surface area contributed by atoms with Crippen molar-refractivity contribution in [2.75, 3.05) is 13.2 Å². The van der Waals surface area contributed by atoms with Crippen LogP contribution in [0, 0.1) is 0 Å². The molecular weight excluding hydrogens is 156 g/mol. The van der Waals surface area contributed by atoms with Gasteiger partial charge in [-0.1, -0.05) is 19.3 Å². The molecule has 1 unspecified atom stereocenters. The Morgan fingerprint density at radius 1 is 0.750 bits per heavy atom. The maximum absolute atomic E-state index is 9.20. The van der Waals surface area contributed by atoms with Crippen molar-refractivity contribution in [2.24, 2.45) is 0 Å². The van der Waals surface area contributed by atoms with E-state index in [0.29, 0.717) is 6.42 Å². The summed E-state index contributed by atoms with van der Waals surface area (Å²) in [6, 6.07) is 0. The molecule has 0 aliphatic heterocycles. The first kappa shape index (κ1) is 11.9. The third kappa shape index (κ3) is 7.98. The molecule has 3 heteroatoms. The zero-order valence-electron chi connectivity index (χ0n) is 7.58. The minimum absolute atomic E-state index is 0.0673. The predicted molar refractivity (Wildman–Crippen MR) is 47.9 cm³/mol. The lowest BCUT2D eigenvalue weighted by atomic mass is 10.1. The Labute approximate surface area is 74.0 Å². The number of hydrogen-bond acceptors (Lipinski definition) is 3. The molecule has 0 rings (SSSR count). The highest BCUT2D eigenvalue weighted by molar-refractivity contribution is 4.54. The topological polar surface area (TPSA) is 60.7 Å². The van der Waals surface area contributed by atoms with Crippen molar-refractivity contribution in [3.8, 4) is 0 Å². The molecule has 0 aliphatic rings. The average Bonchev–Trinajstić information content (AvgIpc) is 2.05. The summed E-state index contributed by atoms with van der Waals surface area (Å²) >= 11 is 0. The molecule has 0 saturated carbocycles. The molecule has 12 heavy (non-hydrogen) atoms. The van der Waals surface area contributed by atoms with Crippen molar-refractivity contribution in [3.05, 3.63) is 0 Å². The van der Waals surface area contributed by atoms with E-state index in [-0.39, 0.29) is 19.3 Å². The van der Waals surface area contributed by atoms with Crippen LogP contribution in [0.5, 0.6) is 0 Å². The van der Waals surface area contributed by atoms with Crippen LogP contribution in [0.2, 0.25) is 0 Å². The van der Waals surface area contributed by atoms with E-state index < -0.39 is 0 Å². The minimum Gasteiger partial charge on any atom is -0.396 e. The van der Waals surface area contributed by atoms with E-state index in [1.165, 1.54) is 0 Å². The number of rotatable bonds is 8. The number of aliphatic hydroxyl groups is 3. The monoisotopic (exact) mass is 176 g/mol. The SMILES string of the molecule is OCCCCCCC(O)CCO. The van der Waals surface area contributed by atoms with Crippen LogP contribution in [0.3, 0.4) is 0 Å². The van der Waals surface area contributed by atoms with Crippen LogP contribution in [0.15, 0.2) is 0 Å². The van der Waals surface area contributed by atoms with Gasteiger partial charge in [0, 0.05) is 13.2 Å². The molecule has 0 saturated heterocycles. The van der Waals surface area contributed by atoms with Gasteiger partial charge in [-0.15, -0.1) is 0 Å². The Balaban J connectivity index is 2.97. The van der Waals surface area contributed by atoms with E-state index in [1.54, 1.807) is 0 Å². The minimum atomic E-state index is -0.343. The molecule has 74 valence electrons. The summed E-state index contributed by atoms with van der Waals surface area (Å²) in [5.41, 5.74) is 0. The summed E-state index contributed by atoms with van der Waals surface area (Å²) in [6.07, 6.45) is 4.85. The summed E-state index contributed by atoms with van der Waals surface area (Å²) in [4.78, 5) is 0. The second kappa shape index (κ2) is 8.97. The maximum Gasteiger partial charge on any atom is 0.0562 e. The average molecular weight is 176 g/mol. The summed E-state index contributed by atoms with van der Waals surface area (Å²) in [5.74, 6) is 0. The standard InChI is InChI=1S/C9H20O3/c10-7-4-2-1-3-5-9(12)6-8-11/h9-12H,1-8H2. The third-order valence-corrected chi connectivity index (χ3v) is 1.91. The van der Waals surface area contributed by atoms with Gasteiger partial charge >= 0.3 is 0 Å². The number of unbranched alkanes of at least 4 members (excludes halogenated alkanes) is 3. The molecule has 0 aromatic rings. The first-order valence-electron chi connectivity index (χ1n) is 4.71. The van der Waals surface area contributed by atoms with Gasteiger partial charge in [0.2, 0.25) is 0 Å². The van der Waals surface area contributed by atoms with Gasteiger partial charge < -0.3 is 15.3 Å². The molecule has 0 radical (unpaired) electrons. The van der Waals surface area contributed by atoms with Gasteiger partial charge in [-0.3, -0.25) is 0 Å². The van der Waals surface area contributed by atoms with Crippen LogP contribution < -0.4 is 0 Å². The molecule has 0 heterocycles. The normalized spacial score (nSPS) is 13.2. The van der Waals surface area contributed by atoms with Gasteiger partial charge in [-0.2, -0.15) is 0 Å².